The maximum absolute atomic E-state index is 11.9. The van der Waals surface area contributed by atoms with E-state index < -0.39 is 10.0 Å². The van der Waals surface area contributed by atoms with E-state index in [-0.39, 0.29) is 4.90 Å². The lowest BCUT2D eigenvalue weighted by Crippen LogP contribution is -2.22. The zero-order valence-corrected chi connectivity index (χ0v) is 9.86. The van der Waals surface area contributed by atoms with Gasteiger partial charge in [0, 0.05) is 20.3 Å². The van der Waals surface area contributed by atoms with Crippen molar-refractivity contribution in [1.82, 2.24) is 4.31 Å². The van der Waals surface area contributed by atoms with Gasteiger partial charge in [-0.05, 0) is 18.2 Å². The topological polar surface area (TPSA) is 59.0 Å². The van der Waals surface area contributed by atoms with Crippen molar-refractivity contribution < 1.29 is 13.2 Å². The van der Waals surface area contributed by atoms with Gasteiger partial charge >= 0.3 is 0 Å². The number of ether oxygens (including phenoxy) is 1. The smallest absolute Gasteiger partial charge is 0.242 e. The third-order valence-corrected chi connectivity index (χ3v) is 4.06. The van der Waals surface area contributed by atoms with Crippen LogP contribution in [0.5, 0.6) is 5.75 Å². The molecule has 1 aliphatic rings. The molecule has 1 aromatic rings. The molecule has 0 N–H and O–H groups in total. The molecule has 0 bridgehead atoms. The van der Waals surface area contributed by atoms with Crippen LogP contribution >= 0.6 is 0 Å². The Labute approximate surface area is 94.4 Å². The summed E-state index contributed by atoms with van der Waals surface area (Å²) in [5, 5.41) is 0. The summed E-state index contributed by atoms with van der Waals surface area (Å²) in [6.07, 6.45) is 1.61. The van der Waals surface area contributed by atoms with E-state index in [1.54, 1.807) is 12.3 Å². The predicted molar refractivity (Wildman–Crippen MR) is 61.0 cm³/mol. The molecule has 0 unspecified atom stereocenters. The first-order chi connectivity index (χ1) is 7.51. The summed E-state index contributed by atoms with van der Waals surface area (Å²) in [6.45, 7) is 0.423. The number of benzene rings is 1. The Bertz CT molecular complexity index is 535. The van der Waals surface area contributed by atoms with Crippen molar-refractivity contribution >= 4 is 21.9 Å². The lowest BCUT2D eigenvalue weighted by Gasteiger charge is -2.15. The van der Waals surface area contributed by atoms with Crippen LogP contribution in [0.1, 0.15) is 0 Å². The summed E-state index contributed by atoms with van der Waals surface area (Å²) in [5.74, 6) is 0.611. The molecule has 0 saturated carbocycles. The molecular formula is C10H12N2O3S. The minimum Gasteiger partial charge on any atom is -0.486 e. The molecule has 1 aliphatic heterocycles. The van der Waals surface area contributed by atoms with Gasteiger partial charge in [-0.2, -0.15) is 0 Å². The van der Waals surface area contributed by atoms with Gasteiger partial charge in [0.2, 0.25) is 10.0 Å². The third-order valence-electron chi connectivity index (χ3n) is 2.25. The molecule has 86 valence electrons. The number of fused-ring (bicyclic) bond motifs is 1. The fraction of sp³-hybridized carbons (Fsp3) is 0.300. The molecule has 0 spiro atoms. The van der Waals surface area contributed by atoms with Gasteiger partial charge in [0.15, 0.2) is 0 Å². The van der Waals surface area contributed by atoms with E-state index in [4.69, 9.17) is 4.74 Å². The van der Waals surface area contributed by atoms with Crippen LogP contribution in [0.2, 0.25) is 0 Å². The summed E-state index contributed by atoms with van der Waals surface area (Å²) in [7, 11) is -0.417. The van der Waals surface area contributed by atoms with Crippen LogP contribution < -0.4 is 4.74 Å². The van der Waals surface area contributed by atoms with E-state index in [9.17, 15) is 8.42 Å². The number of sulfonamides is 1. The first-order valence-electron chi connectivity index (χ1n) is 4.74. The van der Waals surface area contributed by atoms with E-state index in [0.717, 1.165) is 0 Å². The molecule has 0 fully saturated rings. The van der Waals surface area contributed by atoms with E-state index >= 15 is 0 Å². The highest BCUT2D eigenvalue weighted by Gasteiger charge is 2.19. The highest BCUT2D eigenvalue weighted by atomic mass is 32.2. The zero-order valence-electron chi connectivity index (χ0n) is 9.04. The normalized spacial score (nSPS) is 14.7. The third kappa shape index (κ3) is 1.81. The summed E-state index contributed by atoms with van der Waals surface area (Å²) < 4.78 is 30.2. The highest BCUT2D eigenvalue weighted by Crippen LogP contribution is 2.32. The van der Waals surface area contributed by atoms with Crippen molar-refractivity contribution in [3.8, 4) is 5.75 Å². The molecule has 0 aromatic heterocycles. The molecule has 16 heavy (non-hydrogen) atoms. The molecule has 0 aliphatic carbocycles. The van der Waals surface area contributed by atoms with Crippen molar-refractivity contribution in [2.75, 3.05) is 20.7 Å². The molecule has 0 radical (unpaired) electrons. The lowest BCUT2D eigenvalue weighted by atomic mass is 10.3. The van der Waals surface area contributed by atoms with E-state index in [1.807, 2.05) is 0 Å². The van der Waals surface area contributed by atoms with Crippen LogP contribution in [0.3, 0.4) is 0 Å². The second-order valence-electron chi connectivity index (χ2n) is 3.54. The average molecular weight is 240 g/mol. The Morgan fingerprint density at radius 3 is 2.81 bits per heavy atom. The van der Waals surface area contributed by atoms with Crippen LogP contribution in [0.25, 0.3) is 0 Å². The monoisotopic (exact) mass is 240 g/mol. The standard InChI is InChI=1S/C10H12N2O3S/c1-12(2)16(13,14)8-3-4-10-9(7-8)11-5-6-15-10/h3-5,7H,6H2,1-2H3. The van der Waals surface area contributed by atoms with Crippen LogP contribution in [0.4, 0.5) is 5.69 Å². The molecule has 1 heterocycles. The quantitative estimate of drug-likeness (QED) is 0.775. The number of rotatable bonds is 2. The summed E-state index contributed by atoms with van der Waals surface area (Å²) in [6, 6.07) is 4.66. The summed E-state index contributed by atoms with van der Waals surface area (Å²) in [4.78, 5) is 4.31. The number of nitrogens with zero attached hydrogens (tertiary/aromatic N) is 2. The maximum Gasteiger partial charge on any atom is 0.242 e. The second kappa shape index (κ2) is 3.88. The van der Waals surface area contributed by atoms with Crippen molar-refractivity contribution in [2.24, 2.45) is 4.99 Å². The Morgan fingerprint density at radius 1 is 1.38 bits per heavy atom. The predicted octanol–water partition coefficient (Wildman–Crippen LogP) is 1.03. The van der Waals surface area contributed by atoms with Gasteiger partial charge in [0.25, 0.3) is 0 Å². The van der Waals surface area contributed by atoms with E-state index in [2.05, 4.69) is 4.99 Å². The van der Waals surface area contributed by atoms with Crippen molar-refractivity contribution in [3.63, 3.8) is 0 Å². The summed E-state index contributed by atoms with van der Waals surface area (Å²) >= 11 is 0. The van der Waals surface area contributed by atoms with Crippen LogP contribution in [-0.2, 0) is 10.0 Å². The first-order valence-corrected chi connectivity index (χ1v) is 6.18. The number of hydrogen-bond acceptors (Lipinski definition) is 4. The van der Waals surface area contributed by atoms with Gasteiger partial charge < -0.3 is 4.74 Å². The Kier molecular flexibility index (Phi) is 2.69. The molecule has 1 aromatic carbocycles. The van der Waals surface area contributed by atoms with Gasteiger partial charge in [-0.3, -0.25) is 4.99 Å². The molecule has 0 amide bonds. The number of aliphatic imine (C=N–C) groups is 1. The molecule has 0 saturated heterocycles. The van der Waals surface area contributed by atoms with Crippen LogP contribution in [0, 0.1) is 0 Å². The highest BCUT2D eigenvalue weighted by molar-refractivity contribution is 7.89. The Balaban J connectivity index is 2.51. The van der Waals surface area contributed by atoms with Gasteiger partial charge in [0.05, 0.1) is 4.90 Å². The zero-order chi connectivity index (χ0) is 11.8. The Hall–Kier alpha value is -1.40. The molecule has 5 nitrogen and oxygen atoms in total. The number of hydrogen-bond donors (Lipinski definition) is 0. The van der Waals surface area contributed by atoms with Gasteiger partial charge in [-0.25, -0.2) is 12.7 Å². The molecule has 0 atom stereocenters. The largest absolute Gasteiger partial charge is 0.486 e. The molecule has 6 heteroatoms. The van der Waals surface area contributed by atoms with Gasteiger partial charge in [-0.1, -0.05) is 0 Å². The maximum atomic E-state index is 11.9. The van der Waals surface area contributed by atoms with Gasteiger partial charge in [-0.15, -0.1) is 0 Å². The van der Waals surface area contributed by atoms with Crippen molar-refractivity contribution in [1.29, 1.82) is 0 Å². The fourth-order valence-electron chi connectivity index (χ4n) is 1.35. The lowest BCUT2D eigenvalue weighted by molar-refractivity contribution is 0.376. The first kappa shape index (κ1) is 11.1. The molecule has 2 rings (SSSR count). The van der Waals surface area contributed by atoms with Gasteiger partial charge in [0.1, 0.15) is 18.0 Å². The Morgan fingerprint density at radius 2 is 2.12 bits per heavy atom. The average Bonchev–Trinajstić information content (AvgIpc) is 2.28. The molecular weight excluding hydrogens is 228 g/mol. The SMILES string of the molecule is CN(C)S(=O)(=O)c1ccc2c(c1)N=CCO2. The fourth-order valence-corrected chi connectivity index (χ4v) is 2.28. The van der Waals surface area contributed by atoms with Crippen molar-refractivity contribution in [3.05, 3.63) is 18.2 Å². The summed E-state index contributed by atoms with van der Waals surface area (Å²) in [5.41, 5.74) is 0.550. The van der Waals surface area contributed by atoms with Crippen LogP contribution in [-0.4, -0.2) is 39.6 Å². The van der Waals surface area contributed by atoms with Crippen molar-refractivity contribution in [2.45, 2.75) is 4.90 Å². The van der Waals surface area contributed by atoms with E-state index in [1.165, 1.54) is 30.5 Å². The van der Waals surface area contributed by atoms with E-state index in [0.29, 0.717) is 18.0 Å². The van der Waals surface area contributed by atoms with Crippen LogP contribution in [0.15, 0.2) is 28.1 Å². The second-order valence-corrected chi connectivity index (χ2v) is 5.69. The minimum atomic E-state index is -3.41. The minimum absolute atomic E-state index is 0.221.